The number of rotatable bonds is 3. The predicted molar refractivity (Wildman–Crippen MR) is 75.0 cm³/mol. The zero-order chi connectivity index (χ0) is 13.3. The van der Waals surface area contributed by atoms with Gasteiger partial charge in [-0.15, -0.1) is 0 Å². The first-order valence-corrected chi connectivity index (χ1v) is 6.39. The zero-order valence-electron chi connectivity index (χ0n) is 10.8. The molecule has 0 aliphatic rings. The summed E-state index contributed by atoms with van der Waals surface area (Å²) in [4.78, 5) is 11.2. The number of carbonyl (C=O) groups excluding carboxylic acids is 1. The van der Waals surface area contributed by atoms with E-state index in [0.717, 1.165) is 40.9 Å². The Labute approximate surface area is 112 Å². The lowest BCUT2D eigenvalue weighted by Crippen LogP contribution is -1.99. The van der Waals surface area contributed by atoms with Crippen molar-refractivity contribution in [3.8, 4) is 5.69 Å². The normalized spacial score (nSPS) is 10.7. The third kappa shape index (κ3) is 1.97. The van der Waals surface area contributed by atoms with Crippen molar-refractivity contribution in [2.24, 2.45) is 0 Å². The number of carbonyl (C=O) groups is 1. The third-order valence-corrected chi connectivity index (χ3v) is 3.60. The van der Waals surface area contributed by atoms with Crippen LogP contribution in [0.15, 0.2) is 24.3 Å². The molecule has 0 aliphatic carbocycles. The second kappa shape index (κ2) is 4.99. The third-order valence-electron chi connectivity index (χ3n) is 3.36. The molecule has 0 bridgehead atoms. The van der Waals surface area contributed by atoms with E-state index in [1.165, 1.54) is 0 Å². The minimum atomic E-state index is 0.700. The van der Waals surface area contributed by atoms with Gasteiger partial charge >= 0.3 is 0 Å². The fourth-order valence-corrected chi connectivity index (χ4v) is 2.71. The van der Waals surface area contributed by atoms with Gasteiger partial charge in [-0.05, 0) is 44.0 Å². The first-order chi connectivity index (χ1) is 8.60. The second-order valence-electron chi connectivity index (χ2n) is 4.35. The first kappa shape index (κ1) is 12.9. The average Bonchev–Trinajstić information content (AvgIpc) is 2.59. The van der Waals surface area contributed by atoms with Crippen LogP contribution < -0.4 is 0 Å². The van der Waals surface area contributed by atoms with Gasteiger partial charge < -0.3 is 4.57 Å². The molecule has 1 aromatic carbocycles. The number of hydrogen-bond donors (Lipinski definition) is 0. The fraction of sp³-hybridized carbons (Fsp3) is 0.267. The van der Waals surface area contributed by atoms with Crippen LogP contribution in [0.3, 0.4) is 0 Å². The molecular weight excluding hydrogens is 246 g/mol. The zero-order valence-corrected chi connectivity index (χ0v) is 11.6. The van der Waals surface area contributed by atoms with E-state index in [1.54, 1.807) is 0 Å². The highest BCUT2D eigenvalue weighted by Gasteiger charge is 2.16. The van der Waals surface area contributed by atoms with Crippen LogP contribution in [0.2, 0.25) is 5.02 Å². The molecule has 3 heteroatoms. The molecule has 0 fully saturated rings. The monoisotopic (exact) mass is 261 g/mol. The summed E-state index contributed by atoms with van der Waals surface area (Å²) in [5.74, 6) is 0. The van der Waals surface area contributed by atoms with Gasteiger partial charge in [-0.25, -0.2) is 0 Å². The Kier molecular flexibility index (Phi) is 3.58. The summed E-state index contributed by atoms with van der Waals surface area (Å²) in [5, 5.41) is 0.700. The van der Waals surface area contributed by atoms with Crippen molar-refractivity contribution in [3.05, 3.63) is 51.8 Å². The van der Waals surface area contributed by atoms with Gasteiger partial charge in [0.1, 0.15) is 0 Å². The van der Waals surface area contributed by atoms with Crippen molar-refractivity contribution >= 4 is 17.9 Å². The summed E-state index contributed by atoms with van der Waals surface area (Å²) >= 11 is 6.03. The van der Waals surface area contributed by atoms with Crippen LogP contribution in [0.4, 0.5) is 0 Å². The molecule has 0 saturated heterocycles. The van der Waals surface area contributed by atoms with Crippen molar-refractivity contribution in [3.63, 3.8) is 0 Å². The maximum atomic E-state index is 11.2. The molecule has 0 aliphatic heterocycles. The van der Waals surface area contributed by atoms with Gasteiger partial charge in [0.15, 0.2) is 6.29 Å². The summed E-state index contributed by atoms with van der Waals surface area (Å²) in [5.41, 5.74) is 5.00. The minimum absolute atomic E-state index is 0.700. The van der Waals surface area contributed by atoms with E-state index in [-0.39, 0.29) is 0 Å². The lowest BCUT2D eigenvalue weighted by atomic mass is 10.1. The molecular formula is C15H16ClNO. The van der Waals surface area contributed by atoms with Gasteiger partial charge in [-0.1, -0.05) is 24.6 Å². The van der Waals surface area contributed by atoms with Crippen molar-refractivity contribution in [2.75, 3.05) is 0 Å². The molecule has 1 aromatic heterocycles. The second-order valence-corrected chi connectivity index (χ2v) is 4.79. The summed E-state index contributed by atoms with van der Waals surface area (Å²) in [6, 6.07) is 7.68. The molecule has 1 heterocycles. The van der Waals surface area contributed by atoms with E-state index in [1.807, 2.05) is 38.1 Å². The van der Waals surface area contributed by atoms with E-state index >= 15 is 0 Å². The number of aromatic nitrogens is 1. The molecule has 0 saturated carbocycles. The summed E-state index contributed by atoms with van der Waals surface area (Å²) in [7, 11) is 0. The smallest absolute Gasteiger partial charge is 0.152 e. The van der Waals surface area contributed by atoms with Gasteiger partial charge in [-0.3, -0.25) is 4.79 Å². The number of benzene rings is 1. The van der Waals surface area contributed by atoms with E-state index in [0.29, 0.717) is 5.02 Å². The molecule has 2 rings (SSSR count). The minimum Gasteiger partial charge on any atom is -0.317 e. The van der Waals surface area contributed by atoms with Crippen LogP contribution in [-0.4, -0.2) is 10.9 Å². The van der Waals surface area contributed by atoms with Gasteiger partial charge in [0.25, 0.3) is 0 Å². The molecule has 0 radical (unpaired) electrons. The Hall–Kier alpha value is -1.54. The maximum Gasteiger partial charge on any atom is 0.152 e. The van der Waals surface area contributed by atoms with Crippen molar-refractivity contribution < 1.29 is 4.79 Å². The highest BCUT2D eigenvalue weighted by Crippen LogP contribution is 2.26. The van der Waals surface area contributed by atoms with Crippen molar-refractivity contribution in [1.82, 2.24) is 4.57 Å². The molecule has 0 atom stereocenters. The number of aldehydes is 1. The van der Waals surface area contributed by atoms with Crippen LogP contribution >= 0.6 is 11.6 Å². The van der Waals surface area contributed by atoms with E-state index in [4.69, 9.17) is 11.6 Å². The lowest BCUT2D eigenvalue weighted by molar-refractivity contribution is 0.112. The highest BCUT2D eigenvalue weighted by molar-refractivity contribution is 6.30. The Morgan fingerprint density at radius 1 is 1.28 bits per heavy atom. The lowest BCUT2D eigenvalue weighted by Gasteiger charge is -2.10. The SMILES string of the molecule is CCc1c(C=O)c(C)n(-c2cccc(Cl)c2)c1C. The first-order valence-electron chi connectivity index (χ1n) is 6.02. The predicted octanol–water partition coefficient (Wildman–Crippen LogP) is 4.12. The van der Waals surface area contributed by atoms with Crippen molar-refractivity contribution in [2.45, 2.75) is 27.2 Å². The molecule has 0 spiro atoms. The molecule has 0 unspecified atom stereocenters. The molecule has 18 heavy (non-hydrogen) atoms. The van der Waals surface area contributed by atoms with Gasteiger partial charge in [0.05, 0.1) is 0 Å². The van der Waals surface area contributed by atoms with E-state index < -0.39 is 0 Å². The van der Waals surface area contributed by atoms with E-state index in [9.17, 15) is 4.79 Å². The Morgan fingerprint density at radius 3 is 2.50 bits per heavy atom. The van der Waals surface area contributed by atoms with Crippen LogP contribution in [0.1, 0.15) is 34.2 Å². The summed E-state index contributed by atoms with van der Waals surface area (Å²) in [6.07, 6.45) is 1.80. The van der Waals surface area contributed by atoms with Crippen LogP contribution in [0.5, 0.6) is 0 Å². The van der Waals surface area contributed by atoms with Crippen LogP contribution in [-0.2, 0) is 6.42 Å². The van der Waals surface area contributed by atoms with Crippen molar-refractivity contribution in [1.29, 1.82) is 0 Å². The molecule has 2 aromatic rings. The standard InChI is InChI=1S/C15H16ClNO/c1-4-14-10(2)17(11(3)15(14)9-18)13-7-5-6-12(16)8-13/h5-9H,4H2,1-3H3. The largest absolute Gasteiger partial charge is 0.317 e. The van der Waals surface area contributed by atoms with Crippen LogP contribution in [0.25, 0.3) is 5.69 Å². The number of hydrogen-bond acceptors (Lipinski definition) is 1. The van der Waals surface area contributed by atoms with Crippen LogP contribution in [0, 0.1) is 13.8 Å². The summed E-state index contributed by atoms with van der Waals surface area (Å²) in [6.45, 7) is 6.08. The van der Waals surface area contributed by atoms with Gasteiger partial charge in [0.2, 0.25) is 0 Å². The Bertz CT molecular complexity index is 599. The Morgan fingerprint density at radius 2 is 2.00 bits per heavy atom. The number of nitrogens with zero attached hydrogens (tertiary/aromatic N) is 1. The quantitative estimate of drug-likeness (QED) is 0.762. The van der Waals surface area contributed by atoms with Gasteiger partial charge in [-0.2, -0.15) is 0 Å². The highest BCUT2D eigenvalue weighted by atomic mass is 35.5. The van der Waals surface area contributed by atoms with Gasteiger partial charge in [0, 0.05) is 27.7 Å². The molecule has 94 valence electrons. The summed E-state index contributed by atoms with van der Waals surface area (Å²) < 4.78 is 2.09. The molecule has 0 N–H and O–H groups in total. The molecule has 0 amide bonds. The Balaban J connectivity index is 2.72. The molecule has 2 nitrogen and oxygen atoms in total. The number of halogens is 1. The fourth-order valence-electron chi connectivity index (χ4n) is 2.53. The van der Waals surface area contributed by atoms with E-state index in [2.05, 4.69) is 11.5 Å². The average molecular weight is 262 g/mol. The topological polar surface area (TPSA) is 22.0 Å². The maximum absolute atomic E-state index is 11.2.